The van der Waals surface area contributed by atoms with E-state index < -0.39 is 0 Å². The summed E-state index contributed by atoms with van der Waals surface area (Å²) in [5.41, 5.74) is 4.84. The maximum atomic E-state index is 13.3. The first-order chi connectivity index (χ1) is 16.5. The molecular weight excluding hydrogens is 464 g/mol. The Morgan fingerprint density at radius 1 is 0.971 bits per heavy atom. The number of thioether (sulfide) groups is 1. The van der Waals surface area contributed by atoms with Crippen LogP contribution in [0.1, 0.15) is 11.1 Å². The highest BCUT2D eigenvalue weighted by molar-refractivity contribution is 7.99. The van der Waals surface area contributed by atoms with Crippen LogP contribution in [0.4, 0.5) is 5.69 Å². The van der Waals surface area contributed by atoms with Gasteiger partial charge in [-0.25, -0.2) is 4.98 Å². The van der Waals surface area contributed by atoms with E-state index in [1.54, 1.807) is 4.57 Å². The van der Waals surface area contributed by atoms with Gasteiger partial charge in [0.1, 0.15) is 4.70 Å². The molecule has 0 unspecified atom stereocenters. The Morgan fingerprint density at radius 2 is 1.74 bits per heavy atom. The highest BCUT2D eigenvalue weighted by Crippen LogP contribution is 2.25. The van der Waals surface area contributed by atoms with E-state index in [-0.39, 0.29) is 17.2 Å². The van der Waals surface area contributed by atoms with Crippen molar-refractivity contribution in [1.29, 1.82) is 0 Å². The molecule has 1 aliphatic heterocycles. The van der Waals surface area contributed by atoms with Gasteiger partial charge < -0.3 is 9.80 Å². The maximum Gasteiger partial charge on any atom is 0.276 e. The molecule has 0 saturated carbocycles. The Kier molecular flexibility index (Phi) is 6.43. The molecule has 1 amide bonds. The monoisotopic (exact) mass is 490 g/mol. The molecule has 5 rings (SSSR count). The van der Waals surface area contributed by atoms with Crippen molar-refractivity contribution in [3.8, 4) is 5.69 Å². The van der Waals surface area contributed by atoms with Crippen LogP contribution in [0.2, 0.25) is 0 Å². The minimum Gasteiger partial charge on any atom is -0.368 e. The Labute approximate surface area is 206 Å². The number of amides is 1. The molecule has 174 valence electrons. The lowest BCUT2D eigenvalue weighted by Gasteiger charge is -2.36. The number of benzene rings is 2. The van der Waals surface area contributed by atoms with Crippen LogP contribution >= 0.6 is 23.1 Å². The Hall–Kier alpha value is -3.10. The fourth-order valence-electron chi connectivity index (χ4n) is 4.15. The predicted octanol–water partition coefficient (Wildman–Crippen LogP) is 4.50. The third kappa shape index (κ3) is 4.48. The smallest absolute Gasteiger partial charge is 0.276 e. The van der Waals surface area contributed by atoms with E-state index in [9.17, 15) is 9.59 Å². The second-order valence-electron chi connectivity index (χ2n) is 8.43. The number of nitrogens with zero attached hydrogens (tertiary/aromatic N) is 4. The summed E-state index contributed by atoms with van der Waals surface area (Å²) in [6.07, 6.45) is 0. The third-order valence-electron chi connectivity index (χ3n) is 6.28. The largest absolute Gasteiger partial charge is 0.368 e. The first-order valence-electron chi connectivity index (χ1n) is 11.3. The van der Waals surface area contributed by atoms with Gasteiger partial charge in [0.05, 0.1) is 17.0 Å². The number of carbonyl (C=O) groups excluding carboxylic acids is 1. The van der Waals surface area contributed by atoms with Gasteiger partial charge in [-0.3, -0.25) is 14.2 Å². The van der Waals surface area contributed by atoms with Crippen LogP contribution < -0.4 is 10.5 Å². The summed E-state index contributed by atoms with van der Waals surface area (Å²) in [5, 5.41) is 2.44. The second kappa shape index (κ2) is 9.64. The summed E-state index contributed by atoms with van der Waals surface area (Å²) in [6, 6.07) is 18.1. The van der Waals surface area contributed by atoms with Crippen molar-refractivity contribution in [2.75, 3.05) is 36.8 Å². The molecule has 1 fully saturated rings. The van der Waals surface area contributed by atoms with Gasteiger partial charge in [-0.05, 0) is 60.7 Å². The lowest BCUT2D eigenvalue weighted by Crippen LogP contribution is -2.49. The lowest BCUT2D eigenvalue weighted by atomic mass is 10.1. The molecular formula is C26H26N4O2S2. The van der Waals surface area contributed by atoms with Gasteiger partial charge in [-0.15, -0.1) is 11.3 Å². The fourth-order valence-corrected chi connectivity index (χ4v) is 5.83. The molecule has 0 aliphatic carbocycles. The normalized spacial score (nSPS) is 14.1. The summed E-state index contributed by atoms with van der Waals surface area (Å²) in [4.78, 5) is 35.3. The van der Waals surface area contributed by atoms with E-state index >= 15 is 0 Å². The predicted molar refractivity (Wildman–Crippen MR) is 141 cm³/mol. The zero-order valence-electron chi connectivity index (χ0n) is 19.2. The average Bonchev–Trinajstić information content (AvgIpc) is 3.34. The molecule has 0 atom stereocenters. The number of para-hydroxylation sites is 1. The molecule has 0 spiro atoms. The molecule has 0 N–H and O–H groups in total. The highest BCUT2D eigenvalue weighted by atomic mass is 32.2. The van der Waals surface area contributed by atoms with Gasteiger partial charge in [-0.2, -0.15) is 0 Å². The number of anilines is 1. The van der Waals surface area contributed by atoms with Gasteiger partial charge in [0, 0.05) is 31.9 Å². The van der Waals surface area contributed by atoms with E-state index in [2.05, 4.69) is 24.0 Å². The number of piperazine rings is 1. The number of aromatic nitrogens is 2. The highest BCUT2D eigenvalue weighted by Gasteiger charge is 2.23. The van der Waals surface area contributed by atoms with Gasteiger partial charge in [0.15, 0.2) is 5.16 Å². The summed E-state index contributed by atoms with van der Waals surface area (Å²) in [7, 11) is 0. The molecule has 2 aromatic carbocycles. The minimum atomic E-state index is -0.0883. The van der Waals surface area contributed by atoms with E-state index in [1.165, 1.54) is 34.3 Å². The summed E-state index contributed by atoms with van der Waals surface area (Å²) in [6.45, 7) is 7.09. The molecule has 2 aromatic heterocycles. The van der Waals surface area contributed by atoms with Crippen LogP contribution in [0, 0.1) is 13.8 Å². The number of rotatable bonds is 5. The molecule has 6 nitrogen and oxygen atoms in total. The van der Waals surface area contributed by atoms with Crippen LogP contribution in [0.15, 0.2) is 69.9 Å². The Morgan fingerprint density at radius 3 is 2.47 bits per heavy atom. The molecule has 4 aromatic rings. The summed E-state index contributed by atoms with van der Waals surface area (Å²) in [5.74, 6) is 0.321. The molecule has 34 heavy (non-hydrogen) atoms. The number of thiophene rings is 1. The quantitative estimate of drug-likeness (QED) is 0.304. The molecule has 1 aliphatic rings. The number of aryl methyl sites for hydroxylation is 2. The van der Waals surface area contributed by atoms with Gasteiger partial charge >= 0.3 is 0 Å². The average molecular weight is 491 g/mol. The van der Waals surface area contributed by atoms with Crippen molar-refractivity contribution in [1.82, 2.24) is 14.5 Å². The van der Waals surface area contributed by atoms with Gasteiger partial charge in [-0.1, -0.05) is 36.0 Å². The van der Waals surface area contributed by atoms with Crippen LogP contribution in [0.25, 0.3) is 15.9 Å². The number of fused-ring (bicyclic) bond motifs is 1. The van der Waals surface area contributed by atoms with Crippen LogP contribution in [-0.2, 0) is 4.79 Å². The number of hydrogen-bond donors (Lipinski definition) is 0. The first kappa shape index (κ1) is 22.7. The topological polar surface area (TPSA) is 58.4 Å². The third-order valence-corrected chi connectivity index (χ3v) is 8.09. The molecule has 3 heterocycles. The number of hydrogen-bond acceptors (Lipinski definition) is 6. The lowest BCUT2D eigenvalue weighted by molar-refractivity contribution is -0.128. The van der Waals surface area contributed by atoms with E-state index in [1.807, 2.05) is 59.7 Å². The van der Waals surface area contributed by atoms with Crippen molar-refractivity contribution in [2.45, 2.75) is 19.0 Å². The standard InChI is InChI=1S/C26H26N4O2S2/c1-18-8-9-21(16-19(18)2)30-25(32)24-22(10-15-33-24)27-26(30)34-17-23(31)29-13-11-28(12-14-29)20-6-4-3-5-7-20/h3-10,15-16H,11-14,17H2,1-2H3. The van der Waals surface area contributed by atoms with Gasteiger partial charge in [0.2, 0.25) is 5.91 Å². The minimum absolute atomic E-state index is 0.0732. The van der Waals surface area contributed by atoms with E-state index in [0.717, 1.165) is 24.3 Å². The van der Waals surface area contributed by atoms with E-state index in [0.29, 0.717) is 28.5 Å². The Balaban J connectivity index is 1.34. The van der Waals surface area contributed by atoms with E-state index in [4.69, 9.17) is 4.98 Å². The molecule has 8 heteroatoms. The van der Waals surface area contributed by atoms with Crippen LogP contribution in [0.5, 0.6) is 0 Å². The molecule has 0 radical (unpaired) electrons. The summed E-state index contributed by atoms with van der Waals surface area (Å²) < 4.78 is 2.28. The molecule has 0 bridgehead atoms. The van der Waals surface area contributed by atoms with Crippen molar-refractivity contribution < 1.29 is 4.79 Å². The van der Waals surface area contributed by atoms with Crippen LogP contribution in [0.3, 0.4) is 0 Å². The maximum absolute atomic E-state index is 13.3. The zero-order chi connectivity index (χ0) is 23.7. The van der Waals surface area contributed by atoms with Gasteiger partial charge in [0.25, 0.3) is 5.56 Å². The second-order valence-corrected chi connectivity index (χ2v) is 10.3. The van der Waals surface area contributed by atoms with Crippen molar-refractivity contribution in [3.63, 3.8) is 0 Å². The number of carbonyl (C=O) groups is 1. The molecule has 1 saturated heterocycles. The van der Waals surface area contributed by atoms with Crippen molar-refractivity contribution >= 4 is 44.9 Å². The Bertz CT molecular complexity index is 1390. The SMILES string of the molecule is Cc1ccc(-n2c(SCC(=O)N3CCN(c4ccccc4)CC3)nc3ccsc3c2=O)cc1C. The zero-order valence-corrected chi connectivity index (χ0v) is 20.9. The summed E-state index contributed by atoms with van der Waals surface area (Å²) >= 11 is 2.73. The van der Waals surface area contributed by atoms with Crippen molar-refractivity contribution in [3.05, 3.63) is 81.5 Å². The van der Waals surface area contributed by atoms with Crippen molar-refractivity contribution in [2.24, 2.45) is 0 Å². The van der Waals surface area contributed by atoms with Crippen LogP contribution in [-0.4, -0.2) is 52.3 Å². The first-order valence-corrected chi connectivity index (χ1v) is 13.2. The fraction of sp³-hybridized carbons (Fsp3) is 0.269.